The van der Waals surface area contributed by atoms with Crippen LogP contribution < -0.4 is 10.6 Å². The molecule has 4 amide bonds. The minimum atomic E-state index is -1.39. The van der Waals surface area contributed by atoms with Gasteiger partial charge in [0.1, 0.15) is 6.04 Å². The first-order chi connectivity index (χ1) is 22.7. The normalized spacial score (nSPS) is 21.9. The van der Waals surface area contributed by atoms with Gasteiger partial charge in [0.15, 0.2) is 11.6 Å². The first-order valence-electron chi connectivity index (χ1n) is 15.8. The highest BCUT2D eigenvalue weighted by Crippen LogP contribution is 2.39. The molecule has 47 heavy (non-hydrogen) atoms. The molecular formula is C34H40F2N4O7. The molecule has 1 atom stereocenters. The van der Waals surface area contributed by atoms with Gasteiger partial charge in [-0.1, -0.05) is 24.3 Å². The molecule has 1 saturated carbocycles. The van der Waals surface area contributed by atoms with E-state index in [1.807, 2.05) is 24.3 Å². The number of nitrogens with one attached hydrogen (secondary N) is 2. The minimum Gasteiger partial charge on any atom is -0.466 e. The first-order valence-corrected chi connectivity index (χ1v) is 15.8. The van der Waals surface area contributed by atoms with Crippen LogP contribution >= 0.6 is 0 Å². The van der Waals surface area contributed by atoms with Crippen molar-refractivity contribution in [2.45, 2.75) is 50.6 Å². The summed E-state index contributed by atoms with van der Waals surface area (Å²) in [6.07, 6.45) is 3.87. The average molecular weight is 655 g/mol. The lowest BCUT2D eigenvalue weighted by Crippen LogP contribution is -2.59. The van der Waals surface area contributed by atoms with Gasteiger partial charge in [0, 0.05) is 38.7 Å². The minimum absolute atomic E-state index is 0.0122. The third kappa shape index (κ3) is 7.31. The van der Waals surface area contributed by atoms with Gasteiger partial charge >= 0.3 is 24.0 Å². The molecule has 0 aromatic heterocycles. The highest BCUT2D eigenvalue weighted by atomic mass is 19.2. The molecule has 11 nitrogen and oxygen atoms in total. The molecule has 0 spiro atoms. The zero-order chi connectivity index (χ0) is 33.7. The third-order valence-electron chi connectivity index (χ3n) is 9.14. The number of methoxy groups -OCH3 is 2. The number of carbonyl (C=O) groups excluding carboxylic acids is 4. The summed E-state index contributed by atoms with van der Waals surface area (Å²) in [5.41, 5.74) is 1.60. The number of hydrogen-bond acceptors (Lipinski definition) is 8. The molecule has 5 rings (SSSR count). The van der Waals surface area contributed by atoms with Gasteiger partial charge in [-0.15, -0.1) is 0 Å². The van der Waals surface area contributed by atoms with Gasteiger partial charge in [-0.05, 0) is 67.9 Å². The number of halogens is 2. The Labute approximate surface area is 272 Å². The second-order valence-electron chi connectivity index (χ2n) is 12.0. The molecule has 2 aromatic rings. The van der Waals surface area contributed by atoms with Gasteiger partial charge in [-0.25, -0.2) is 32.9 Å². The molecule has 3 aliphatic rings. The van der Waals surface area contributed by atoms with Crippen molar-refractivity contribution in [2.75, 3.05) is 47.1 Å². The summed E-state index contributed by atoms with van der Waals surface area (Å²) < 4.78 is 43.5. The summed E-state index contributed by atoms with van der Waals surface area (Å²) in [5.74, 6) is -3.04. The number of ether oxygens (including phenoxy) is 3. The van der Waals surface area contributed by atoms with Gasteiger partial charge in [0.05, 0.1) is 37.2 Å². The fourth-order valence-electron chi connectivity index (χ4n) is 6.83. The molecule has 0 radical (unpaired) electrons. The van der Waals surface area contributed by atoms with Crippen LogP contribution in [0.2, 0.25) is 0 Å². The third-order valence-corrected chi connectivity index (χ3v) is 9.14. The van der Waals surface area contributed by atoms with Gasteiger partial charge < -0.3 is 24.8 Å². The summed E-state index contributed by atoms with van der Waals surface area (Å²) in [5, 5.41) is 5.31. The summed E-state index contributed by atoms with van der Waals surface area (Å²) in [6, 6.07) is 7.93. The molecule has 2 heterocycles. The van der Waals surface area contributed by atoms with Crippen LogP contribution in [-0.2, 0) is 19.0 Å². The number of likely N-dealkylation sites (tertiary alicyclic amines) is 1. The Kier molecular flexibility index (Phi) is 10.9. The van der Waals surface area contributed by atoms with Crippen LogP contribution in [0.25, 0.3) is 0 Å². The van der Waals surface area contributed by atoms with Crippen molar-refractivity contribution >= 4 is 24.0 Å². The van der Waals surface area contributed by atoms with Crippen LogP contribution in [0.5, 0.6) is 0 Å². The second-order valence-corrected chi connectivity index (χ2v) is 12.0. The van der Waals surface area contributed by atoms with Gasteiger partial charge in [0.2, 0.25) is 0 Å². The Morgan fingerprint density at radius 2 is 1.70 bits per heavy atom. The van der Waals surface area contributed by atoms with E-state index in [2.05, 4.69) is 15.5 Å². The number of urea groups is 2. The maximum Gasteiger partial charge on any atom is 0.338 e. The van der Waals surface area contributed by atoms with E-state index >= 15 is 0 Å². The summed E-state index contributed by atoms with van der Waals surface area (Å²) in [6.45, 7) is 3.74. The van der Waals surface area contributed by atoms with Crippen LogP contribution in [0.1, 0.15) is 66.1 Å². The molecule has 2 N–H and O–H groups in total. The largest absolute Gasteiger partial charge is 0.466 e. The van der Waals surface area contributed by atoms with Crippen LogP contribution in [0.4, 0.5) is 18.4 Å². The molecule has 13 heteroatoms. The zero-order valence-electron chi connectivity index (χ0n) is 26.7. The molecule has 0 bridgehead atoms. The van der Waals surface area contributed by atoms with Crippen molar-refractivity contribution in [3.63, 3.8) is 0 Å². The molecule has 1 unspecified atom stereocenters. The average Bonchev–Trinajstić information content (AvgIpc) is 3.05. The van der Waals surface area contributed by atoms with E-state index < -0.39 is 35.7 Å². The van der Waals surface area contributed by atoms with Crippen molar-refractivity contribution in [3.8, 4) is 0 Å². The number of carbonyl (C=O) groups is 4. The number of benzene rings is 2. The van der Waals surface area contributed by atoms with Crippen molar-refractivity contribution in [2.24, 2.45) is 5.92 Å². The second kappa shape index (κ2) is 15.0. The van der Waals surface area contributed by atoms with E-state index in [0.29, 0.717) is 18.2 Å². The fourth-order valence-corrected chi connectivity index (χ4v) is 6.83. The van der Waals surface area contributed by atoms with Crippen LogP contribution in [0, 0.1) is 17.6 Å². The number of amides is 4. The van der Waals surface area contributed by atoms with Crippen LogP contribution in [0.3, 0.4) is 0 Å². The highest BCUT2D eigenvalue weighted by molar-refractivity contribution is 6.01. The highest BCUT2D eigenvalue weighted by Gasteiger charge is 2.44. The fraction of sp³-hybridized carbons (Fsp3) is 0.471. The predicted molar refractivity (Wildman–Crippen MR) is 166 cm³/mol. The summed E-state index contributed by atoms with van der Waals surface area (Å²) >= 11 is 0. The van der Waals surface area contributed by atoms with Gasteiger partial charge in [0.25, 0.3) is 0 Å². The lowest BCUT2D eigenvalue weighted by Gasteiger charge is -2.47. The number of hydrogen-bond donors (Lipinski definition) is 2. The quantitative estimate of drug-likeness (QED) is 0.355. The number of nitrogens with zero attached hydrogens (tertiary/aromatic N) is 2. The van der Waals surface area contributed by atoms with Crippen molar-refractivity contribution in [1.29, 1.82) is 0 Å². The molecular weight excluding hydrogens is 614 g/mol. The first kappa shape index (κ1) is 34.0. The van der Waals surface area contributed by atoms with Gasteiger partial charge in [-0.3, -0.25) is 4.90 Å². The Morgan fingerprint density at radius 1 is 0.979 bits per heavy atom. The summed E-state index contributed by atoms with van der Waals surface area (Å²) in [7, 11) is 2.50. The molecule has 2 aromatic carbocycles. The maximum absolute atomic E-state index is 14.3. The molecule has 252 valence electrons. The van der Waals surface area contributed by atoms with E-state index in [0.717, 1.165) is 68.5 Å². The van der Waals surface area contributed by atoms with E-state index in [-0.39, 0.29) is 47.8 Å². The van der Waals surface area contributed by atoms with Crippen LogP contribution in [-0.4, -0.2) is 86.9 Å². The van der Waals surface area contributed by atoms with E-state index in [4.69, 9.17) is 14.2 Å². The lowest BCUT2D eigenvalue weighted by atomic mass is 9.78. The van der Waals surface area contributed by atoms with E-state index in [9.17, 15) is 28.0 Å². The van der Waals surface area contributed by atoms with E-state index in [1.54, 1.807) is 6.92 Å². The molecule has 1 aliphatic carbocycles. The number of rotatable bonds is 10. The maximum atomic E-state index is 14.3. The Morgan fingerprint density at radius 3 is 2.36 bits per heavy atom. The number of imide groups is 1. The summed E-state index contributed by atoms with van der Waals surface area (Å²) in [4.78, 5) is 55.3. The van der Waals surface area contributed by atoms with Crippen molar-refractivity contribution < 1.29 is 42.2 Å². The molecule has 1 saturated heterocycles. The lowest BCUT2D eigenvalue weighted by molar-refractivity contribution is -0.137. The van der Waals surface area contributed by atoms with Crippen molar-refractivity contribution in [3.05, 3.63) is 82.1 Å². The SMILES string of the molecule is CCOC(=O)c1ccccc1C1CCC(N2CC(CNC(=O)N3C(=O)NC(COC)=C(C(=O)OC)C3c3ccc(F)c(F)c3)C2)CC1. The monoisotopic (exact) mass is 654 g/mol. The topological polar surface area (TPSA) is 127 Å². The standard InChI is InChI=1S/C34H40F2N4O7/c1-4-47-31(41)25-8-6-5-7-24(25)21-9-12-23(13-10-21)39-17-20(18-39)16-37-33(43)40-30(22-11-14-26(35)27(36)15-22)29(32(42)46-3)28(19-45-2)38-34(40)44/h5-8,11,14-15,20-21,23,30H,4,9-10,12-13,16-19H2,1-3H3,(H,37,43)(H,38,44). The smallest absolute Gasteiger partial charge is 0.338 e. The van der Waals surface area contributed by atoms with Gasteiger partial charge in [-0.2, -0.15) is 0 Å². The molecule has 2 fully saturated rings. The Hall–Kier alpha value is -4.36. The van der Waals surface area contributed by atoms with E-state index in [1.165, 1.54) is 13.2 Å². The number of esters is 2. The Balaban J connectivity index is 1.20. The van der Waals surface area contributed by atoms with Crippen LogP contribution in [0.15, 0.2) is 53.7 Å². The predicted octanol–water partition coefficient (Wildman–Crippen LogP) is 4.65. The Bertz CT molecular complexity index is 1540. The zero-order valence-corrected chi connectivity index (χ0v) is 26.7. The molecule has 2 aliphatic heterocycles. The van der Waals surface area contributed by atoms with Crippen molar-refractivity contribution in [1.82, 2.24) is 20.4 Å².